The molecule has 1 heterocycles. The summed E-state index contributed by atoms with van der Waals surface area (Å²) < 4.78 is 5.61. The lowest BCUT2D eigenvalue weighted by atomic mass is 9.68. The molecule has 0 aromatic carbocycles. The van der Waals surface area contributed by atoms with Gasteiger partial charge in [-0.1, -0.05) is 20.8 Å². The molecule has 0 amide bonds. The van der Waals surface area contributed by atoms with Crippen molar-refractivity contribution in [1.29, 1.82) is 0 Å². The minimum atomic E-state index is -0.175. The smallest absolute Gasteiger partial charge is 0.0933 e. The lowest BCUT2D eigenvalue weighted by Crippen LogP contribution is -2.52. The summed E-state index contributed by atoms with van der Waals surface area (Å²) in [6.07, 6.45) is 2.93. The summed E-state index contributed by atoms with van der Waals surface area (Å²) in [5.41, 5.74) is 0.322. The minimum absolute atomic E-state index is 0.0691. The van der Waals surface area contributed by atoms with Crippen LogP contribution in [-0.4, -0.2) is 59.7 Å². The number of ether oxygens (including phenoxy) is 1. The van der Waals surface area contributed by atoms with Crippen molar-refractivity contribution in [3.8, 4) is 0 Å². The lowest BCUT2D eigenvalue weighted by molar-refractivity contribution is -0.0921. The Morgan fingerprint density at radius 2 is 1.95 bits per heavy atom. The standard InChI is InChI=1S/C17H33NO3/c1-12-11-21-15(10-19)9-18(12)8-13-7-14(17(2,3)4)5-6-16(13)20/h12-16,19-20H,5-11H2,1-4H3. The van der Waals surface area contributed by atoms with Gasteiger partial charge in [-0.3, -0.25) is 4.90 Å². The SMILES string of the molecule is CC1COC(CO)CN1CC1CC(C(C)(C)C)CCC1O. The van der Waals surface area contributed by atoms with Crippen molar-refractivity contribution >= 4 is 0 Å². The molecule has 124 valence electrons. The van der Waals surface area contributed by atoms with E-state index in [-0.39, 0.29) is 18.8 Å². The van der Waals surface area contributed by atoms with E-state index in [4.69, 9.17) is 4.74 Å². The third-order valence-electron chi connectivity index (χ3n) is 5.47. The highest BCUT2D eigenvalue weighted by molar-refractivity contribution is 4.89. The van der Waals surface area contributed by atoms with Crippen molar-refractivity contribution in [2.75, 3.05) is 26.3 Å². The van der Waals surface area contributed by atoms with Crippen LogP contribution >= 0.6 is 0 Å². The third-order valence-corrected chi connectivity index (χ3v) is 5.47. The van der Waals surface area contributed by atoms with E-state index in [1.54, 1.807) is 0 Å². The van der Waals surface area contributed by atoms with Crippen LogP contribution in [0.3, 0.4) is 0 Å². The fourth-order valence-corrected chi connectivity index (χ4v) is 3.77. The van der Waals surface area contributed by atoms with E-state index < -0.39 is 0 Å². The van der Waals surface area contributed by atoms with Gasteiger partial charge in [-0.15, -0.1) is 0 Å². The van der Waals surface area contributed by atoms with Crippen LogP contribution in [0, 0.1) is 17.3 Å². The fraction of sp³-hybridized carbons (Fsp3) is 1.00. The van der Waals surface area contributed by atoms with Crippen molar-refractivity contribution in [2.45, 2.75) is 65.2 Å². The van der Waals surface area contributed by atoms with Gasteiger partial charge in [0.1, 0.15) is 0 Å². The van der Waals surface area contributed by atoms with E-state index in [1.807, 2.05) is 0 Å². The molecule has 1 aliphatic heterocycles. The first kappa shape index (κ1) is 17.2. The normalized spacial score (nSPS) is 39.4. The van der Waals surface area contributed by atoms with Crippen LogP contribution in [0.5, 0.6) is 0 Å². The highest BCUT2D eigenvalue weighted by Gasteiger charge is 2.37. The van der Waals surface area contributed by atoms with E-state index in [0.717, 1.165) is 32.4 Å². The van der Waals surface area contributed by atoms with Gasteiger partial charge in [0.05, 0.1) is 25.4 Å². The molecule has 21 heavy (non-hydrogen) atoms. The van der Waals surface area contributed by atoms with Gasteiger partial charge in [-0.05, 0) is 43.4 Å². The zero-order chi connectivity index (χ0) is 15.6. The number of aliphatic hydroxyl groups is 2. The molecule has 1 saturated heterocycles. The van der Waals surface area contributed by atoms with Crippen molar-refractivity contribution in [2.24, 2.45) is 17.3 Å². The maximum absolute atomic E-state index is 10.4. The Hall–Kier alpha value is -0.160. The van der Waals surface area contributed by atoms with Crippen molar-refractivity contribution < 1.29 is 14.9 Å². The summed E-state index contributed by atoms with van der Waals surface area (Å²) in [7, 11) is 0. The van der Waals surface area contributed by atoms with Gasteiger partial charge in [0.25, 0.3) is 0 Å². The average molecular weight is 299 g/mol. The predicted octanol–water partition coefficient (Wildman–Crippen LogP) is 1.89. The Morgan fingerprint density at radius 3 is 2.57 bits per heavy atom. The Morgan fingerprint density at radius 1 is 1.24 bits per heavy atom. The van der Waals surface area contributed by atoms with Crippen molar-refractivity contribution in [3.63, 3.8) is 0 Å². The number of aliphatic hydroxyl groups excluding tert-OH is 2. The lowest BCUT2D eigenvalue weighted by Gasteiger charge is -2.44. The molecular formula is C17H33NO3. The Kier molecular flexibility index (Phi) is 5.69. The van der Waals surface area contributed by atoms with Crippen LogP contribution in [0.15, 0.2) is 0 Å². The van der Waals surface area contributed by atoms with E-state index in [2.05, 4.69) is 32.6 Å². The van der Waals surface area contributed by atoms with Gasteiger partial charge >= 0.3 is 0 Å². The first-order chi connectivity index (χ1) is 9.81. The summed E-state index contributed by atoms with van der Waals surface area (Å²) in [4.78, 5) is 2.39. The Balaban J connectivity index is 1.96. The van der Waals surface area contributed by atoms with E-state index in [1.165, 1.54) is 0 Å². The largest absolute Gasteiger partial charge is 0.394 e. The first-order valence-electron chi connectivity index (χ1n) is 8.45. The summed E-state index contributed by atoms with van der Waals surface area (Å²) in [5, 5.41) is 19.7. The van der Waals surface area contributed by atoms with Crippen LogP contribution in [0.25, 0.3) is 0 Å². The van der Waals surface area contributed by atoms with Gasteiger partial charge in [0.15, 0.2) is 0 Å². The molecule has 4 nitrogen and oxygen atoms in total. The maximum Gasteiger partial charge on any atom is 0.0933 e. The molecule has 2 rings (SSSR count). The highest BCUT2D eigenvalue weighted by atomic mass is 16.5. The minimum Gasteiger partial charge on any atom is -0.394 e. The molecule has 1 saturated carbocycles. The number of hydrogen-bond donors (Lipinski definition) is 2. The predicted molar refractivity (Wildman–Crippen MR) is 84.2 cm³/mol. The number of rotatable bonds is 3. The third kappa shape index (κ3) is 4.41. The zero-order valence-electron chi connectivity index (χ0n) is 14.1. The molecule has 0 radical (unpaired) electrons. The van der Waals surface area contributed by atoms with E-state index >= 15 is 0 Å². The van der Waals surface area contributed by atoms with E-state index in [0.29, 0.717) is 29.9 Å². The van der Waals surface area contributed by atoms with Crippen LogP contribution < -0.4 is 0 Å². The van der Waals surface area contributed by atoms with E-state index in [9.17, 15) is 10.2 Å². The van der Waals surface area contributed by atoms with Crippen LogP contribution in [0.2, 0.25) is 0 Å². The van der Waals surface area contributed by atoms with Crippen molar-refractivity contribution in [3.05, 3.63) is 0 Å². The van der Waals surface area contributed by atoms with Crippen LogP contribution in [-0.2, 0) is 4.74 Å². The van der Waals surface area contributed by atoms with Crippen molar-refractivity contribution in [1.82, 2.24) is 4.90 Å². The molecule has 2 aliphatic rings. The number of morpholine rings is 1. The molecule has 0 spiro atoms. The maximum atomic E-state index is 10.4. The molecule has 2 N–H and O–H groups in total. The number of nitrogens with zero attached hydrogens (tertiary/aromatic N) is 1. The molecule has 0 aromatic heterocycles. The van der Waals surface area contributed by atoms with Gasteiger partial charge in [0, 0.05) is 19.1 Å². The quantitative estimate of drug-likeness (QED) is 0.835. The second kappa shape index (κ2) is 6.95. The summed E-state index contributed by atoms with van der Waals surface area (Å²) in [6.45, 7) is 11.6. The Bertz CT molecular complexity index is 328. The van der Waals surface area contributed by atoms with Crippen LogP contribution in [0.1, 0.15) is 47.0 Å². The van der Waals surface area contributed by atoms with Gasteiger partial charge in [-0.25, -0.2) is 0 Å². The molecule has 2 fully saturated rings. The molecule has 0 aromatic rings. The fourth-order valence-electron chi connectivity index (χ4n) is 3.77. The summed E-state index contributed by atoms with van der Waals surface area (Å²) in [6, 6.07) is 0.370. The summed E-state index contributed by atoms with van der Waals surface area (Å²) in [5.74, 6) is 1.04. The second-order valence-corrected chi connectivity index (χ2v) is 8.14. The molecule has 4 heteroatoms. The van der Waals surface area contributed by atoms with Gasteiger partial charge < -0.3 is 14.9 Å². The molecule has 0 bridgehead atoms. The molecular weight excluding hydrogens is 266 g/mol. The van der Waals surface area contributed by atoms with Gasteiger partial charge in [0.2, 0.25) is 0 Å². The first-order valence-corrected chi connectivity index (χ1v) is 8.45. The highest BCUT2D eigenvalue weighted by Crippen LogP contribution is 2.40. The number of hydrogen-bond acceptors (Lipinski definition) is 4. The average Bonchev–Trinajstić information content (AvgIpc) is 2.42. The monoisotopic (exact) mass is 299 g/mol. The second-order valence-electron chi connectivity index (χ2n) is 8.14. The molecule has 5 atom stereocenters. The topological polar surface area (TPSA) is 52.9 Å². The zero-order valence-corrected chi connectivity index (χ0v) is 14.1. The van der Waals surface area contributed by atoms with Gasteiger partial charge in [-0.2, -0.15) is 0 Å². The molecule has 1 aliphatic carbocycles. The summed E-state index contributed by atoms with van der Waals surface area (Å²) >= 11 is 0. The molecule has 5 unspecified atom stereocenters. The van der Waals surface area contributed by atoms with Crippen LogP contribution in [0.4, 0.5) is 0 Å². The Labute approximate surface area is 129 Å².